The van der Waals surface area contributed by atoms with Gasteiger partial charge in [-0.1, -0.05) is 18.2 Å². The summed E-state index contributed by atoms with van der Waals surface area (Å²) in [5.74, 6) is 0.711. The summed E-state index contributed by atoms with van der Waals surface area (Å²) in [5.41, 5.74) is 10.2. The second kappa shape index (κ2) is 3.24. The van der Waals surface area contributed by atoms with Gasteiger partial charge in [0.25, 0.3) is 0 Å². The second-order valence-electron chi connectivity index (χ2n) is 4.93. The Morgan fingerprint density at radius 1 is 1.47 bits per heavy atom. The van der Waals surface area contributed by atoms with E-state index in [9.17, 15) is 0 Å². The zero-order chi connectivity index (χ0) is 10.4. The number of rotatable bonds is 1. The number of para-hydroxylation sites is 1. The Bertz CT molecular complexity index is 386. The molecule has 1 aromatic carbocycles. The first-order valence-electron chi connectivity index (χ1n) is 5.85. The normalized spacial score (nSPS) is 28.0. The van der Waals surface area contributed by atoms with E-state index in [0.29, 0.717) is 5.92 Å². The first-order valence-corrected chi connectivity index (χ1v) is 5.85. The van der Waals surface area contributed by atoms with Crippen LogP contribution in [0.3, 0.4) is 0 Å². The molecule has 0 amide bonds. The minimum absolute atomic E-state index is 0.711. The lowest BCUT2D eigenvalue weighted by Crippen LogP contribution is -2.26. The van der Waals surface area contributed by atoms with Crippen molar-refractivity contribution in [3.63, 3.8) is 0 Å². The summed E-state index contributed by atoms with van der Waals surface area (Å²) < 4.78 is 0. The van der Waals surface area contributed by atoms with Gasteiger partial charge in [-0.25, -0.2) is 0 Å². The van der Waals surface area contributed by atoms with E-state index in [-0.39, 0.29) is 0 Å². The first kappa shape index (κ1) is 9.22. The molecule has 80 valence electrons. The zero-order valence-corrected chi connectivity index (χ0v) is 9.24. The molecule has 2 aliphatic heterocycles. The topological polar surface area (TPSA) is 29.3 Å². The van der Waals surface area contributed by atoms with Gasteiger partial charge in [0, 0.05) is 18.3 Å². The van der Waals surface area contributed by atoms with Gasteiger partial charge in [-0.05, 0) is 43.4 Å². The molecule has 0 bridgehead atoms. The largest absolute Gasteiger partial charge is 0.367 e. The molecule has 1 aromatic rings. The maximum Gasteiger partial charge on any atom is 0.0431 e. The SMILES string of the molecule is Cc1cccc2c1N1CC(CN)CC1C2. The Balaban J connectivity index is 1.98. The predicted molar refractivity (Wildman–Crippen MR) is 63.2 cm³/mol. The smallest absolute Gasteiger partial charge is 0.0431 e. The summed E-state index contributed by atoms with van der Waals surface area (Å²) in [7, 11) is 0. The molecule has 2 heterocycles. The summed E-state index contributed by atoms with van der Waals surface area (Å²) in [6.45, 7) is 4.23. The van der Waals surface area contributed by atoms with Gasteiger partial charge in [0.1, 0.15) is 0 Å². The molecule has 15 heavy (non-hydrogen) atoms. The van der Waals surface area contributed by atoms with Crippen molar-refractivity contribution in [3.05, 3.63) is 29.3 Å². The van der Waals surface area contributed by atoms with E-state index < -0.39 is 0 Å². The van der Waals surface area contributed by atoms with Crippen molar-refractivity contribution in [2.75, 3.05) is 18.0 Å². The van der Waals surface area contributed by atoms with Crippen LogP contribution in [0.15, 0.2) is 18.2 Å². The highest BCUT2D eigenvalue weighted by molar-refractivity contribution is 5.65. The Morgan fingerprint density at radius 3 is 3.13 bits per heavy atom. The number of anilines is 1. The standard InChI is InChI=1S/C13H18N2/c1-9-3-2-4-11-6-12-5-10(7-14)8-15(12)13(9)11/h2-4,10,12H,5-8,14H2,1H3. The number of benzene rings is 1. The fourth-order valence-corrected chi connectivity index (χ4v) is 3.20. The highest BCUT2D eigenvalue weighted by Crippen LogP contribution is 2.41. The van der Waals surface area contributed by atoms with E-state index in [0.717, 1.165) is 12.6 Å². The molecule has 2 N–H and O–H groups in total. The third kappa shape index (κ3) is 1.28. The number of nitrogens with two attached hydrogens (primary N) is 1. The van der Waals surface area contributed by atoms with E-state index in [4.69, 9.17) is 5.73 Å². The lowest BCUT2D eigenvalue weighted by Gasteiger charge is -2.20. The molecule has 0 saturated carbocycles. The fourth-order valence-electron chi connectivity index (χ4n) is 3.20. The highest BCUT2D eigenvalue weighted by Gasteiger charge is 2.37. The number of hydrogen-bond acceptors (Lipinski definition) is 2. The molecule has 2 nitrogen and oxygen atoms in total. The van der Waals surface area contributed by atoms with Gasteiger partial charge < -0.3 is 10.6 Å². The molecular weight excluding hydrogens is 184 g/mol. The Hall–Kier alpha value is -1.02. The van der Waals surface area contributed by atoms with Gasteiger partial charge in [-0.15, -0.1) is 0 Å². The van der Waals surface area contributed by atoms with Crippen LogP contribution in [0.25, 0.3) is 0 Å². The fraction of sp³-hybridized carbons (Fsp3) is 0.538. The summed E-state index contributed by atoms with van der Waals surface area (Å²) in [5, 5.41) is 0. The summed E-state index contributed by atoms with van der Waals surface area (Å²) in [6, 6.07) is 7.40. The number of hydrogen-bond donors (Lipinski definition) is 1. The van der Waals surface area contributed by atoms with Gasteiger partial charge >= 0.3 is 0 Å². The van der Waals surface area contributed by atoms with Crippen molar-refractivity contribution in [1.82, 2.24) is 0 Å². The van der Waals surface area contributed by atoms with Gasteiger partial charge in [0.15, 0.2) is 0 Å². The van der Waals surface area contributed by atoms with Crippen LogP contribution in [0.2, 0.25) is 0 Å². The highest BCUT2D eigenvalue weighted by atomic mass is 15.2. The minimum atomic E-state index is 0.711. The van der Waals surface area contributed by atoms with E-state index >= 15 is 0 Å². The molecule has 0 spiro atoms. The molecule has 0 radical (unpaired) electrons. The quantitative estimate of drug-likeness (QED) is 0.751. The van der Waals surface area contributed by atoms with Crippen molar-refractivity contribution in [2.45, 2.75) is 25.8 Å². The van der Waals surface area contributed by atoms with Crippen molar-refractivity contribution < 1.29 is 0 Å². The van der Waals surface area contributed by atoms with E-state index in [2.05, 4.69) is 30.0 Å². The van der Waals surface area contributed by atoms with Gasteiger partial charge in [-0.3, -0.25) is 0 Å². The average Bonchev–Trinajstić information content (AvgIpc) is 2.73. The lowest BCUT2D eigenvalue weighted by atomic mass is 10.0. The Morgan fingerprint density at radius 2 is 2.33 bits per heavy atom. The maximum absolute atomic E-state index is 5.77. The van der Waals surface area contributed by atoms with E-state index in [1.165, 1.54) is 36.2 Å². The summed E-state index contributed by atoms with van der Waals surface area (Å²) >= 11 is 0. The Labute approximate surface area is 91.1 Å². The molecule has 2 unspecified atom stereocenters. The molecule has 1 saturated heterocycles. The molecule has 2 aliphatic rings. The van der Waals surface area contributed by atoms with Crippen molar-refractivity contribution in [1.29, 1.82) is 0 Å². The number of fused-ring (bicyclic) bond motifs is 3. The second-order valence-corrected chi connectivity index (χ2v) is 4.93. The monoisotopic (exact) mass is 202 g/mol. The van der Waals surface area contributed by atoms with Crippen LogP contribution in [0.1, 0.15) is 17.5 Å². The van der Waals surface area contributed by atoms with Crippen LogP contribution in [0.5, 0.6) is 0 Å². The van der Waals surface area contributed by atoms with E-state index in [1.54, 1.807) is 0 Å². The van der Waals surface area contributed by atoms with Crippen LogP contribution < -0.4 is 10.6 Å². The van der Waals surface area contributed by atoms with Crippen LogP contribution in [0.4, 0.5) is 5.69 Å². The molecular formula is C13H18N2. The average molecular weight is 202 g/mol. The van der Waals surface area contributed by atoms with Gasteiger partial charge in [0.2, 0.25) is 0 Å². The summed E-state index contributed by atoms with van der Waals surface area (Å²) in [6.07, 6.45) is 2.51. The molecule has 0 aliphatic carbocycles. The van der Waals surface area contributed by atoms with Gasteiger partial charge in [-0.2, -0.15) is 0 Å². The lowest BCUT2D eigenvalue weighted by molar-refractivity contribution is 0.566. The van der Waals surface area contributed by atoms with Crippen molar-refractivity contribution in [2.24, 2.45) is 11.7 Å². The van der Waals surface area contributed by atoms with Crippen LogP contribution >= 0.6 is 0 Å². The zero-order valence-electron chi connectivity index (χ0n) is 9.24. The molecule has 1 fully saturated rings. The summed E-state index contributed by atoms with van der Waals surface area (Å²) in [4.78, 5) is 2.59. The Kier molecular flexibility index (Phi) is 1.99. The maximum atomic E-state index is 5.77. The number of aryl methyl sites for hydroxylation is 1. The molecule has 3 rings (SSSR count). The first-order chi connectivity index (χ1) is 7.29. The van der Waals surface area contributed by atoms with Gasteiger partial charge in [0.05, 0.1) is 0 Å². The van der Waals surface area contributed by atoms with Crippen LogP contribution in [-0.2, 0) is 6.42 Å². The van der Waals surface area contributed by atoms with Crippen molar-refractivity contribution in [3.8, 4) is 0 Å². The third-order valence-corrected chi connectivity index (χ3v) is 3.90. The van der Waals surface area contributed by atoms with E-state index in [1.807, 2.05) is 0 Å². The van der Waals surface area contributed by atoms with Crippen LogP contribution in [0, 0.1) is 12.8 Å². The number of nitrogens with zero attached hydrogens (tertiary/aromatic N) is 1. The minimum Gasteiger partial charge on any atom is -0.367 e. The molecule has 0 aromatic heterocycles. The third-order valence-electron chi connectivity index (χ3n) is 3.90. The molecule has 2 atom stereocenters. The van der Waals surface area contributed by atoms with Crippen LogP contribution in [-0.4, -0.2) is 19.1 Å². The van der Waals surface area contributed by atoms with Crippen molar-refractivity contribution >= 4 is 5.69 Å². The predicted octanol–water partition coefficient (Wildman–Crippen LogP) is 1.70. The molecule has 2 heteroatoms.